The van der Waals surface area contributed by atoms with Crippen LogP contribution in [0, 0.1) is 0 Å². The molecule has 0 aliphatic carbocycles. The first-order valence-corrected chi connectivity index (χ1v) is 6.00. The molecule has 1 aliphatic rings. The fourth-order valence-corrected chi connectivity index (χ4v) is 2.21. The van der Waals surface area contributed by atoms with E-state index in [2.05, 4.69) is 20.7 Å². The molecule has 0 aromatic heterocycles. The number of halogens is 3. The SMILES string of the molecule is O=C1[C@H](Br)CCN1c1ccccc1OC(F)F. The fraction of sp³-hybridized carbons (Fsp3) is 0.364. The summed E-state index contributed by atoms with van der Waals surface area (Å²) in [5.74, 6) is -0.104. The van der Waals surface area contributed by atoms with Crippen molar-refractivity contribution in [3.8, 4) is 5.75 Å². The van der Waals surface area contributed by atoms with Gasteiger partial charge in [0.2, 0.25) is 5.91 Å². The third kappa shape index (κ3) is 2.57. The van der Waals surface area contributed by atoms with Crippen LogP contribution in [0.2, 0.25) is 0 Å². The van der Waals surface area contributed by atoms with Crippen molar-refractivity contribution < 1.29 is 18.3 Å². The number of alkyl halides is 3. The molecule has 92 valence electrons. The van der Waals surface area contributed by atoms with Crippen molar-refractivity contribution >= 4 is 27.5 Å². The molecule has 0 N–H and O–H groups in total. The van der Waals surface area contributed by atoms with Crippen molar-refractivity contribution in [3.63, 3.8) is 0 Å². The van der Waals surface area contributed by atoms with Crippen LogP contribution in [0.4, 0.5) is 14.5 Å². The number of carbonyl (C=O) groups is 1. The Kier molecular flexibility index (Phi) is 3.61. The van der Waals surface area contributed by atoms with Gasteiger partial charge in [0.1, 0.15) is 5.75 Å². The average molecular weight is 306 g/mol. The van der Waals surface area contributed by atoms with Crippen LogP contribution in [-0.2, 0) is 4.79 Å². The first-order valence-electron chi connectivity index (χ1n) is 5.09. The highest BCUT2D eigenvalue weighted by atomic mass is 79.9. The minimum Gasteiger partial charge on any atom is -0.433 e. The first-order chi connectivity index (χ1) is 8.09. The number of hydrogen-bond acceptors (Lipinski definition) is 2. The number of nitrogens with zero attached hydrogens (tertiary/aromatic N) is 1. The van der Waals surface area contributed by atoms with E-state index in [1.54, 1.807) is 18.2 Å². The summed E-state index contributed by atoms with van der Waals surface area (Å²) in [5.41, 5.74) is 0.389. The van der Waals surface area contributed by atoms with E-state index in [-0.39, 0.29) is 16.5 Å². The zero-order valence-electron chi connectivity index (χ0n) is 8.78. The highest BCUT2D eigenvalue weighted by molar-refractivity contribution is 9.10. The standard InChI is InChI=1S/C11H10BrF2NO2/c12-7-5-6-15(10(7)16)8-3-1-2-4-9(8)17-11(13)14/h1-4,7,11H,5-6H2/t7-/m1/s1. The summed E-state index contributed by atoms with van der Waals surface area (Å²) in [6.45, 7) is -2.40. The van der Waals surface area contributed by atoms with E-state index in [9.17, 15) is 13.6 Å². The monoisotopic (exact) mass is 305 g/mol. The van der Waals surface area contributed by atoms with E-state index < -0.39 is 6.61 Å². The molecule has 0 radical (unpaired) electrons. The van der Waals surface area contributed by atoms with Crippen molar-refractivity contribution in [3.05, 3.63) is 24.3 Å². The van der Waals surface area contributed by atoms with Crippen LogP contribution in [0.15, 0.2) is 24.3 Å². The van der Waals surface area contributed by atoms with E-state index in [1.807, 2.05) is 0 Å². The second kappa shape index (κ2) is 5.00. The molecule has 1 aromatic carbocycles. The van der Waals surface area contributed by atoms with Crippen molar-refractivity contribution in [2.75, 3.05) is 11.4 Å². The van der Waals surface area contributed by atoms with Gasteiger partial charge in [0.05, 0.1) is 10.5 Å². The molecule has 0 bridgehead atoms. The third-order valence-electron chi connectivity index (χ3n) is 2.51. The number of carbonyl (C=O) groups excluding carboxylic acids is 1. The van der Waals surface area contributed by atoms with E-state index in [0.29, 0.717) is 18.7 Å². The Morgan fingerprint density at radius 1 is 1.41 bits per heavy atom. The lowest BCUT2D eigenvalue weighted by atomic mass is 10.2. The summed E-state index contributed by atoms with van der Waals surface area (Å²) in [5, 5.41) is 0. The fourth-order valence-electron chi connectivity index (χ4n) is 1.76. The number of amides is 1. The highest BCUT2D eigenvalue weighted by Crippen LogP contribution is 2.33. The first kappa shape index (κ1) is 12.3. The predicted molar refractivity (Wildman–Crippen MR) is 62.8 cm³/mol. The molecule has 1 aromatic rings. The Morgan fingerprint density at radius 2 is 2.12 bits per heavy atom. The van der Waals surface area contributed by atoms with Crippen molar-refractivity contribution in [1.29, 1.82) is 0 Å². The van der Waals surface area contributed by atoms with Gasteiger partial charge in [0.25, 0.3) is 0 Å². The second-order valence-corrected chi connectivity index (χ2v) is 4.70. The average Bonchev–Trinajstić information content (AvgIpc) is 2.60. The third-order valence-corrected chi connectivity index (χ3v) is 3.36. The van der Waals surface area contributed by atoms with Gasteiger partial charge in [0.15, 0.2) is 0 Å². The largest absolute Gasteiger partial charge is 0.433 e. The molecule has 0 unspecified atom stereocenters. The van der Waals surface area contributed by atoms with E-state index in [4.69, 9.17) is 0 Å². The van der Waals surface area contributed by atoms with Crippen LogP contribution in [0.1, 0.15) is 6.42 Å². The van der Waals surface area contributed by atoms with Gasteiger partial charge in [-0.15, -0.1) is 0 Å². The smallest absolute Gasteiger partial charge is 0.387 e. The van der Waals surface area contributed by atoms with Crippen molar-refractivity contribution in [2.45, 2.75) is 17.9 Å². The van der Waals surface area contributed by atoms with Crippen LogP contribution < -0.4 is 9.64 Å². The molecule has 1 aliphatic heterocycles. The van der Waals surface area contributed by atoms with Crippen LogP contribution in [0.5, 0.6) is 5.75 Å². The molecular formula is C11H10BrF2NO2. The quantitative estimate of drug-likeness (QED) is 0.804. The molecule has 1 fully saturated rings. The minimum atomic E-state index is -2.89. The highest BCUT2D eigenvalue weighted by Gasteiger charge is 2.32. The van der Waals surface area contributed by atoms with Crippen molar-refractivity contribution in [1.82, 2.24) is 0 Å². The molecule has 0 saturated carbocycles. The number of anilines is 1. The van der Waals surface area contributed by atoms with Crippen LogP contribution >= 0.6 is 15.9 Å². The molecule has 3 nitrogen and oxygen atoms in total. The number of para-hydroxylation sites is 2. The summed E-state index contributed by atoms with van der Waals surface area (Å²) in [4.78, 5) is 13.0. The van der Waals surface area contributed by atoms with Gasteiger partial charge in [-0.1, -0.05) is 28.1 Å². The molecule has 6 heteroatoms. The molecule has 1 saturated heterocycles. The summed E-state index contributed by atoms with van der Waals surface area (Å²) in [7, 11) is 0. The zero-order chi connectivity index (χ0) is 12.4. The minimum absolute atomic E-state index is 0.0254. The van der Waals surface area contributed by atoms with Gasteiger partial charge >= 0.3 is 6.61 Å². The number of hydrogen-bond donors (Lipinski definition) is 0. The number of rotatable bonds is 3. The topological polar surface area (TPSA) is 29.5 Å². The van der Waals surface area contributed by atoms with Gasteiger partial charge in [-0.2, -0.15) is 8.78 Å². The molecule has 1 amide bonds. The molecule has 2 rings (SSSR count). The van der Waals surface area contributed by atoms with Crippen LogP contribution in [0.25, 0.3) is 0 Å². The summed E-state index contributed by atoms with van der Waals surface area (Å²) < 4.78 is 28.9. The van der Waals surface area contributed by atoms with E-state index >= 15 is 0 Å². The molecule has 17 heavy (non-hydrogen) atoms. The maximum Gasteiger partial charge on any atom is 0.387 e. The van der Waals surface area contributed by atoms with Crippen LogP contribution in [-0.4, -0.2) is 23.9 Å². The lowest BCUT2D eigenvalue weighted by Gasteiger charge is -2.19. The zero-order valence-corrected chi connectivity index (χ0v) is 10.4. The molecule has 1 heterocycles. The maximum atomic E-state index is 12.2. The summed E-state index contributed by atoms with van der Waals surface area (Å²) >= 11 is 3.24. The normalized spacial score (nSPS) is 20.1. The van der Waals surface area contributed by atoms with Gasteiger partial charge in [-0.3, -0.25) is 4.79 Å². The Bertz CT molecular complexity index is 428. The molecular weight excluding hydrogens is 296 g/mol. The van der Waals surface area contributed by atoms with E-state index in [0.717, 1.165) is 0 Å². The Balaban J connectivity index is 2.29. The lowest BCUT2D eigenvalue weighted by molar-refractivity contribution is -0.116. The Labute approximate surface area is 105 Å². The van der Waals surface area contributed by atoms with Gasteiger partial charge in [0, 0.05) is 6.54 Å². The molecule has 1 atom stereocenters. The van der Waals surface area contributed by atoms with Crippen molar-refractivity contribution in [2.24, 2.45) is 0 Å². The summed E-state index contributed by atoms with van der Waals surface area (Å²) in [6.07, 6.45) is 0.655. The lowest BCUT2D eigenvalue weighted by Crippen LogP contribution is -2.27. The van der Waals surface area contributed by atoms with Gasteiger partial charge < -0.3 is 9.64 Å². The van der Waals surface area contributed by atoms with Crippen LogP contribution in [0.3, 0.4) is 0 Å². The Hall–Kier alpha value is -1.17. The number of benzene rings is 1. The summed E-state index contributed by atoms with van der Waals surface area (Å²) in [6, 6.07) is 6.30. The Morgan fingerprint density at radius 3 is 2.71 bits per heavy atom. The second-order valence-electron chi connectivity index (χ2n) is 3.59. The van der Waals surface area contributed by atoms with Gasteiger partial charge in [-0.25, -0.2) is 0 Å². The number of ether oxygens (including phenoxy) is 1. The predicted octanol–water partition coefficient (Wildman–Crippen LogP) is 2.79. The van der Waals surface area contributed by atoms with E-state index in [1.165, 1.54) is 11.0 Å². The maximum absolute atomic E-state index is 12.2. The molecule has 0 spiro atoms. The van der Waals surface area contributed by atoms with Gasteiger partial charge in [-0.05, 0) is 18.6 Å².